The van der Waals surface area contributed by atoms with E-state index in [1.165, 1.54) is 23.6 Å². The first-order valence-electron chi connectivity index (χ1n) is 7.18. The molecule has 0 radical (unpaired) electrons. The van der Waals surface area contributed by atoms with E-state index < -0.39 is 6.10 Å². The predicted molar refractivity (Wildman–Crippen MR) is 79.1 cm³/mol. The lowest BCUT2D eigenvalue weighted by Crippen LogP contribution is -2.24. The summed E-state index contributed by atoms with van der Waals surface area (Å²) >= 11 is 0. The third-order valence-corrected chi connectivity index (χ3v) is 4.18. The van der Waals surface area contributed by atoms with Gasteiger partial charge >= 0.3 is 0 Å². The van der Waals surface area contributed by atoms with E-state index in [9.17, 15) is 5.11 Å². The second-order valence-electron chi connectivity index (χ2n) is 5.54. The zero-order valence-corrected chi connectivity index (χ0v) is 11.3. The first kappa shape index (κ1) is 12.6. The van der Waals surface area contributed by atoms with Crippen LogP contribution < -0.4 is 5.32 Å². The van der Waals surface area contributed by atoms with Crippen LogP contribution in [0.3, 0.4) is 0 Å². The summed E-state index contributed by atoms with van der Waals surface area (Å²) in [6.07, 6.45) is 2.09. The minimum Gasteiger partial charge on any atom is -0.387 e. The number of aliphatic hydroxyl groups excluding tert-OH is 1. The van der Waals surface area contributed by atoms with Crippen LogP contribution in [0.5, 0.6) is 0 Å². The molecule has 0 aromatic heterocycles. The zero-order valence-electron chi connectivity index (χ0n) is 11.3. The summed E-state index contributed by atoms with van der Waals surface area (Å²) in [6, 6.07) is 15.1. The molecule has 2 N–H and O–H groups in total. The zero-order chi connectivity index (χ0) is 13.2. The molecule has 0 saturated heterocycles. The van der Waals surface area contributed by atoms with Gasteiger partial charge in [-0.2, -0.15) is 0 Å². The first-order valence-corrected chi connectivity index (χ1v) is 7.18. The van der Waals surface area contributed by atoms with Gasteiger partial charge in [-0.05, 0) is 34.7 Å². The highest BCUT2D eigenvalue weighted by atomic mass is 16.3. The molecule has 2 aromatic rings. The van der Waals surface area contributed by atoms with E-state index in [0.29, 0.717) is 12.6 Å². The Bertz CT molecular complexity index is 566. The quantitative estimate of drug-likeness (QED) is 0.859. The Morgan fingerprint density at radius 2 is 2.00 bits per heavy atom. The van der Waals surface area contributed by atoms with Crippen molar-refractivity contribution < 1.29 is 5.11 Å². The summed E-state index contributed by atoms with van der Waals surface area (Å²) in [5, 5.41) is 16.1. The van der Waals surface area contributed by atoms with E-state index in [1.54, 1.807) is 0 Å². The van der Waals surface area contributed by atoms with E-state index in [0.717, 1.165) is 11.5 Å². The smallest absolute Gasteiger partial charge is 0.0914 e. The lowest BCUT2D eigenvalue weighted by Gasteiger charge is -2.13. The summed E-state index contributed by atoms with van der Waals surface area (Å²) in [4.78, 5) is 0. The fourth-order valence-electron chi connectivity index (χ4n) is 2.74. The second-order valence-corrected chi connectivity index (χ2v) is 5.54. The van der Waals surface area contributed by atoms with Gasteiger partial charge < -0.3 is 10.4 Å². The van der Waals surface area contributed by atoms with Crippen LogP contribution in [0.2, 0.25) is 0 Å². The number of aliphatic hydroxyl groups is 1. The minimum absolute atomic E-state index is 0.414. The van der Waals surface area contributed by atoms with Crippen molar-refractivity contribution in [1.29, 1.82) is 0 Å². The Morgan fingerprint density at radius 3 is 2.74 bits per heavy atom. The van der Waals surface area contributed by atoms with E-state index in [4.69, 9.17) is 0 Å². The summed E-state index contributed by atoms with van der Waals surface area (Å²) in [5.41, 5.74) is 1.000. The topological polar surface area (TPSA) is 32.3 Å². The predicted octanol–water partition coefficient (Wildman–Crippen LogP) is 3.26. The van der Waals surface area contributed by atoms with Crippen LogP contribution in [0.1, 0.15) is 31.4 Å². The van der Waals surface area contributed by atoms with Crippen molar-refractivity contribution in [3.05, 3.63) is 48.0 Å². The van der Waals surface area contributed by atoms with Crippen LogP contribution in [0.25, 0.3) is 10.8 Å². The highest BCUT2D eigenvalue weighted by Gasteiger charge is 2.34. The Balaban J connectivity index is 1.66. The van der Waals surface area contributed by atoms with Gasteiger partial charge in [0, 0.05) is 12.6 Å². The van der Waals surface area contributed by atoms with Crippen molar-refractivity contribution in [3.63, 3.8) is 0 Å². The first-order chi connectivity index (χ1) is 9.28. The molecule has 0 heterocycles. The van der Waals surface area contributed by atoms with Crippen LogP contribution in [-0.4, -0.2) is 17.7 Å². The Hall–Kier alpha value is -1.38. The summed E-state index contributed by atoms with van der Waals surface area (Å²) in [5.74, 6) is 0.823. The molecular weight excluding hydrogens is 234 g/mol. The van der Waals surface area contributed by atoms with Gasteiger partial charge in [-0.3, -0.25) is 0 Å². The van der Waals surface area contributed by atoms with Crippen LogP contribution in [0.15, 0.2) is 42.5 Å². The molecule has 3 rings (SSSR count). The average molecular weight is 255 g/mol. The molecule has 0 amide bonds. The third-order valence-electron chi connectivity index (χ3n) is 4.18. The fraction of sp³-hybridized carbons (Fsp3) is 0.412. The van der Waals surface area contributed by atoms with Gasteiger partial charge in [0.15, 0.2) is 0 Å². The standard InChI is InChI=1S/C17H21NO/c1-2-12-10-16(12)18-11-17(19)15-8-7-13-5-3-4-6-14(13)9-15/h3-9,12,16-19H,2,10-11H2,1H3. The molecule has 3 atom stereocenters. The van der Waals surface area contributed by atoms with Crippen LogP contribution >= 0.6 is 0 Å². The summed E-state index contributed by atoms with van der Waals surface area (Å²) in [7, 11) is 0. The van der Waals surface area contributed by atoms with Crippen molar-refractivity contribution in [1.82, 2.24) is 5.32 Å². The highest BCUT2D eigenvalue weighted by molar-refractivity contribution is 5.83. The maximum absolute atomic E-state index is 10.3. The maximum atomic E-state index is 10.3. The summed E-state index contributed by atoms with van der Waals surface area (Å²) in [6.45, 7) is 2.88. The molecule has 0 bridgehead atoms. The lowest BCUT2D eigenvalue weighted by molar-refractivity contribution is 0.173. The number of benzene rings is 2. The second kappa shape index (κ2) is 5.32. The maximum Gasteiger partial charge on any atom is 0.0914 e. The number of fused-ring (bicyclic) bond motifs is 1. The number of hydrogen-bond donors (Lipinski definition) is 2. The van der Waals surface area contributed by atoms with E-state index >= 15 is 0 Å². The van der Waals surface area contributed by atoms with E-state index in [-0.39, 0.29) is 0 Å². The monoisotopic (exact) mass is 255 g/mol. The van der Waals surface area contributed by atoms with E-state index in [1.807, 2.05) is 18.2 Å². The Morgan fingerprint density at radius 1 is 1.21 bits per heavy atom. The van der Waals surface area contributed by atoms with Gasteiger partial charge in [-0.1, -0.05) is 49.7 Å². The van der Waals surface area contributed by atoms with Crippen molar-refractivity contribution >= 4 is 10.8 Å². The molecule has 100 valence electrons. The molecule has 19 heavy (non-hydrogen) atoms. The van der Waals surface area contributed by atoms with Gasteiger partial charge in [-0.15, -0.1) is 0 Å². The number of nitrogens with one attached hydrogen (secondary N) is 1. The van der Waals surface area contributed by atoms with E-state index in [2.05, 4.69) is 36.5 Å². The van der Waals surface area contributed by atoms with Crippen LogP contribution in [0, 0.1) is 5.92 Å². The molecular formula is C17H21NO. The normalized spacial score (nSPS) is 23.5. The molecule has 1 fully saturated rings. The Kier molecular flexibility index (Phi) is 3.54. The van der Waals surface area contributed by atoms with Crippen molar-refractivity contribution in [2.45, 2.75) is 31.9 Å². The lowest BCUT2D eigenvalue weighted by atomic mass is 10.0. The summed E-state index contributed by atoms with van der Waals surface area (Å²) < 4.78 is 0. The van der Waals surface area contributed by atoms with Gasteiger partial charge in [0.25, 0.3) is 0 Å². The Labute approximate surface area is 114 Å². The molecule has 1 saturated carbocycles. The van der Waals surface area contributed by atoms with Crippen LogP contribution in [-0.2, 0) is 0 Å². The molecule has 3 unspecified atom stereocenters. The number of hydrogen-bond acceptors (Lipinski definition) is 2. The molecule has 2 nitrogen and oxygen atoms in total. The molecule has 1 aliphatic carbocycles. The molecule has 0 spiro atoms. The van der Waals surface area contributed by atoms with Crippen molar-refractivity contribution in [2.75, 3.05) is 6.54 Å². The third kappa shape index (κ3) is 2.80. The largest absolute Gasteiger partial charge is 0.387 e. The van der Waals surface area contributed by atoms with Gasteiger partial charge in [-0.25, -0.2) is 0 Å². The molecule has 2 heteroatoms. The van der Waals surface area contributed by atoms with Crippen molar-refractivity contribution in [3.8, 4) is 0 Å². The number of rotatable bonds is 5. The molecule has 0 aliphatic heterocycles. The van der Waals surface area contributed by atoms with Gasteiger partial charge in [0.2, 0.25) is 0 Å². The molecule has 1 aliphatic rings. The fourth-order valence-corrected chi connectivity index (χ4v) is 2.74. The molecule has 2 aromatic carbocycles. The minimum atomic E-state index is -0.414. The van der Waals surface area contributed by atoms with Gasteiger partial charge in [0.1, 0.15) is 0 Å². The average Bonchev–Trinajstić information content (AvgIpc) is 3.23. The van der Waals surface area contributed by atoms with Gasteiger partial charge in [0.05, 0.1) is 6.10 Å². The SMILES string of the molecule is CCC1CC1NCC(O)c1ccc2ccccc2c1. The van der Waals surface area contributed by atoms with Crippen LogP contribution in [0.4, 0.5) is 0 Å². The highest BCUT2D eigenvalue weighted by Crippen LogP contribution is 2.33. The van der Waals surface area contributed by atoms with Crippen molar-refractivity contribution in [2.24, 2.45) is 5.92 Å².